The smallest absolute Gasteiger partial charge is 0.371 e. The summed E-state index contributed by atoms with van der Waals surface area (Å²) in [6.07, 6.45) is -22.6. The molecule has 26 nitrogen and oxygen atoms in total. The van der Waals surface area contributed by atoms with Gasteiger partial charge in [0.2, 0.25) is 0 Å². The molecule has 10 rings (SSSR count). The number of hydrogen-bond donors (Lipinski definition) is 3. The monoisotopic (exact) mass is 1450 g/mol. The summed E-state index contributed by atoms with van der Waals surface area (Å²) < 4.78 is 195. The lowest BCUT2D eigenvalue weighted by molar-refractivity contribution is -0.138. The summed E-state index contributed by atoms with van der Waals surface area (Å²) in [5.74, 6) is -0.795. The summed E-state index contributed by atoms with van der Waals surface area (Å²) in [6.45, 7) is 12.1. The summed E-state index contributed by atoms with van der Waals surface area (Å²) in [5.41, 5.74) is -4.47. The Labute approximate surface area is 561 Å². The van der Waals surface area contributed by atoms with Crippen LogP contribution in [-0.2, 0) is 45.3 Å². The van der Waals surface area contributed by atoms with Crippen molar-refractivity contribution in [2.75, 3.05) is 66.5 Å². The molecule has 5 fully saturated rings. The van der Waals surface area contributed by atoms with Gasteiger partial charge in [-0.15, -0.1) is 0 Å². The first-order valence-electron chi connectivity index (χ1n) is 29.1. The third-order valence-electron chi connectivity index (χ3n) is 16.1. The highest BCUT2D eigenvalue weighted by Crippen LogP contribution is 2.39. The second kappa shape index (κ2) is 31.6. The molecule has 10 heterocycles. The first-order valence-corrected chi connectivity index (χ1v) is 29.1. The number of carbonyl (C=O) groups excluding carboxylic acids is 5. The van der Waals surface area contributed by atoms with Crippen molar-refractivity contribution < 1.29 is 120 Å². The van der Waals surface area contributed by atoms with E-state index in [1.165, 1.54) is 54.8 Å². The van der Waals surface area contributed by atoms with E-state index in [4.69, 9.17) is 14.4 Å². The zero-order valence-electron chi connectivity index (χ0n) is 54.1. The molecule has 0 saturated carbocycles. The lowest BCUT2D eigenvalue weighted by atomic mass is 10.1. The maximum Gasteiger partial charge on any atom is 0.416 e. The van der Waals surface area contributed by atoms with Gasteiger partial charge in [0, 0.05) is 58.7 Å². The minimum Gasteiger partial charge on any atom is -0.371 e. The van der Waals surface area contributed by atoms with E-state index in [0.717, 1.165) is 109 Å². The van der Waals surface area contributed by atoms with Crippen LogP contribution in [0, 0.1) is 0 Å². The Morgan fingerprint density at radius 3 is 0.890 bits per heavy atom. The Balaban J connectivity index is 0.000000225. The number of aliphatic hydroxyl groups excluding tert-OH is 3. The molecule has 0 aliphatic carbocycles. The van der Waals surface area contributed by atoms with Crippen LogP contribution < -0.4 is 24.5 Å². The van der Waals surface area contributed by atoms with E-state index in [-0.39, 0.29) is 73.3 Å². The fourth-order valence-corrected chi connectivity index (χ4v) is 10.1. The van der Waals surface area contributed by atoms with Crippen LogP contribution in [0.5, 0.6) is 0 Å². The van der Waals surface area contributed by atoms with Gasteiger partial charge in [0.1, 0.15) is 35.1 Å². The highest BCUT2D eigenvalue weighted by Gasteiger charge is 2.49. The highest BCUT2D eigenvalue weighted by molar-refractivity contribution is 5.96. The van der Waals surface area contributed by atoms with Crippen LogP contribution in [0.3, 0.4) is 0 Å². The van der Waals surface area contributed by atoms with Gasteiger partial charge >= 0.3 is 61.0 Å². The average molecular weight is 1450 g/mol. The van der Waals surface area contributed by atoms with Crippen molar-refractivity contribution >= 4 is 59.2 Å². The van der Waals surface area contributed by atoms with Crippen molar-refractivity contribution in [2.24, 2.45) is 0 Å². The molecule has 3 N–H and O–H groups in total. The lowest BCUT2D eigenvalue weighted by Gasteiger charge is -2.21. The number of likely N-dealkylation sites (N-methyl/N-ethyl adjacent to an activating group) is 3. The zero-order valence-corrected chi connectivity index (χ0v) is 54.1. The molecular formula is C59H70F15N15O11. The molecule has 10 amide bonds. The van der Waals surface area contributed by atoms with Crippen molar-refractivity contribution in [1.82, 2.24) is 49.7 Å². The normalized spacial score (nSPS) is 23.5. The number of aliphatic hydroxyl groups is 3. The van der Waals surface area contributed by atoms with Gasteiger partial charge < -0.3 is 29.9 Å². The van der Waals surface area contributed by atoms with E-state index in [1.54, 1.807) is 41.7 Å². The third-order valence-corrected chi connectivity index (χ3v) is 16.1. The molecule has 5 aromatic rings. The predicted octanol–water partition coefficient (Wildman–Crippen LogP) is 11.0. The Morgan fingerprint density at radius 2 is 0.620 bits per heavy atom. The number of amides is 10. The van der Waals surface area contributed by atoms with Crippen LogP contribution >= 0.6 is 0 Å². The number of carbonyl (C=O) groups is 5. The largest absolute Gasteiger partial charge is 0.416 e. The van der Waals surface area contributed by atoms with Gasteiger partial charge in [0.05, 0.1) is 72.2 Å². The van der Waals surface area contributed by atoms with Gasteiger partial charge in [-0.3, -0.25) is 24.4 Å². The molecule has 5 aromatic heterocycles. The van der Waals surface area contributed by atoms with Crippen LogP contribution in [0.2, 0.25) is 0 Å². The number of hydrogen-bond acceptors (Lipinski definition) is 16. The minimum absolute atomic E-state index is 0. The van der Waals surface area contributed by atoms with Gasteiger partial charge in [-0.05, 0) is 109 Å². The van der Waals surface area contributed by atoms with Crippen molar-refractivity contribution in [2.45, 2.75) is 148 Å². The van der Waals surface area contributed by atoms with Gasteiger partial charge in [0.25, 0.3) is 0 Å². The Morgan fingerprint density at radius 1 is 0.370 bits per heavy atom. The number of alkyl halides is 15. The van der Waals surface area contributed by atoms with Gasteiger partial charge in [-0.2, -0.15) is 76.0 Å². The number of halogens is 15. The number of anilines is 5. The predicted molar refractivity (Wildman–Crippen MR) is 323 cm³/mol. The van der Waals surface area contributed by atoms with E-state index in [9.17, 15) is 105 Å². The molecule has 5 unspecified atom stereocenters. The lowest BCUT2D eigenvalue weighted by Crippen LogP contribution is -2.38. The van der Waals surface area contributed by atoms with Crippen molar-refractivity contribution in [1.29, 1.82) is 0 Å². The molecule has 10 atom stereocenters. The van der Waals surface area contributed by atoms with Crippen LogP contribution in [0.1, 0.15) is 83.7 Å². The molecule has 0 radical (unpaired) electrons. The summed E-state index contributed by atoms with van der Waals surface area (Å²) in [7, 11) is 7.04. The number of pyridine rings is 5. The van der Waals surface area contributed by atoms with Crippen molar-refractivity contribution in [3.05, 3.63) is 119 Å². The average Bonchev–Trinajstić information content (AvgIpc) is 1.65. The van der Waals surface area contributed by atoms with Crippen LogP contribution in [-0.4, -0.2) is 198 Å². The summed E-state index contributed by atoms with van der Waals surface area (Å²) in [5, 5.41) is 31.9. The molecule has 100 heavy (non-hydrogen) atoms. The topological polar surface area (TPSA) is 271 Å². The Kier molecular flexibility index (Phi) is 25.7. The Hall–Kier alpha value is -9.19. The van der Waals surface area contributed by atoms with E-state index in [1.807, 2.05) is 6.92 Å². The van der Waals surface area contributed by atoms with Gasteiger partial charge in [-0.25, -0.2) is 63.6 Å². The van der Waals surface area contributed by atoms with E-state index in [2.05, 4.69) is 24.9 Å². The number of ether oxygens (including phenoxy) is 1. The van der Waals surface area contributed by atoms with E-state index >= 15 is 0 Å². The van der Waals surface area contributed by atoms with Crippen molar-refractivity contribution in [3.63, 3.8) is 0 Å². The maximum atomic E-state index is 12.7. The fraction of sp³-hybridized carbons (Fsp3) is 0.492. The number of aromatic nitrogens is 5. The van der Waals surface area contributed by atoms with Crippen LogP contribution in [0.4, 0.5) is 119 Å². The summed E-state index contributed by atoms with van der Waals surface area (Å²) in [6, 6.07) is 2.94. The zero-order chi connectivity index (χ0) is 74.7. The molecule has 552 valence electrons. The van der Waals surface area contributed by atoms with Crippen molar-refractivity contribution in [3.8, 4) is 0 Å². The van der Waals surface area contributed by atoms with Crippen LogP contribution in [0.15, 0.2) is 91.6 Å². The van der Waals surface area contributed by atoms with E-state index < -0.39 is 120 Å². The molecule has 0 spiro atoms. The molecular weight excluding hydrogens is 1380 g/mol. The fourth-order valence-electron chi connectivity index (χ4n) is 10.1. The minimum atomic E-state index is -4.56. The standard InChI is InChI=1S/C12H14F3N3O3.C12H14F3N3O2.C12H14F3N3O.C11H12F3N3O3.C11H12F3N3O2.CH4/c1-3-21-10-9(19)18(11(20)17(10)2)8-6-7(4-5-16-8)12(13,14)15;1-7-8(2)18(20-3)11(19)17(7)10-6-9(4-5-16-10)12(13,14)15;1-7-8(2)18(11(19)17(7)3)10-6-9(4-5-16-10)12(13,14)15;1-6-9(18)16(10(19)17(6)20-2)8-5-7(3-4-15-8)11(12,13)14;1-6-9(18)17(10(19)16(6)2)8-5-7(3-4-15-8)11(12,13)14;/h4-6,9-10,19H,3H2,1-2H3;4-8H,1-3H3;4-8H,1-3H3;3-6,9,18H,1-2H3;3-6,9,18H,1-2H3;1H4/t9?,10-;7?,8-;7-,8?;2*6-,9?;/m11100./s1. The number of nitrogens with zero attached hydrogens (tertiary/aromatic N) is 15. The van der Waals surface area contributed by atoms with Gasteiger partial charge in [-0.1, -0.05) is 7.43 Å². The summed E-state index contributed by atoms with van der Waals surface area (Å²) >= 11 is 0. The molecule has 0 bridgehead atoms. The third kappa shape index (κ3) is 17.5. The number of rotatable bonds is 9. The molecule has 41 heteroatoms. The molecule has 5 aliphatic rings. The van der Waals surface area contributed by atoms with Gasteiger partial charge in [0.15, 0.2) is 24.9 Å². The Bertz CT molecular complexity index is 3490. The van der Waals surface area contributed by atoms with E-state index in [0.29, 0.717) is 12.1 Å². The second-order valence-corrected chi connectivity index (χ2v) is 22.1. The van der Waals surface area contributed by atoms with Crippen LogP contribution in [0.25, 0.3) is 0 Å². The SMILES string of the molecule is C.CC1[C@@H](C)N(C)C(=O)N1c1cc(C(F)(F)F)ccn1.CCO[C@@H]1C(O)N(c2cc(C(F)(F)F)ccn2)C(=O)N1C.CON1C(=O)N(c2cc(C(F)(F)F)ccn2)C(C)[C@H]1C.CON1C(=O)N(c2cc(C(F)(F)F)ccn2)C(O)[C@@H]1C.C[C@H]1C(O)N(c2cc(C(F)(F)F)ccn2)C(=O)N1C. The molecule has 5 saturated heterocycles. The maximum absolute atomic E-state index is 12.7. The second-order valence-electron chi connectivity index (χ2n) is 22.1. The first kappa shape index (κ1) is 81.5. The highest BCUT2D eigenvalue weighted by atomic mass is 19.4. The molecule has 5 aliphatic heterocycles. The first-order chi connectivity index (χ1) is 45.8. The quantitative estimate of drug-likeness (QED) is 0.116. The number of hydroxylamine groups is 4. The molecule has 0 aromatic carbocycles. The number of urea groups is 5. The summed E-state index contributed by atoms with van der Waals surface area (Å²) in [4.78, 5) is 97.4.